The number of imidazole rings is 1. The molecule has 0 aliphatic carbocycles. The van der Waals surface area contributed by atoms with Crippen LogP contribution in [0.25, 0.3) is 0 Å². The van der Waals surface area contributed by atoms with Crippen molar-refractivity contribution in [3.05, 3.63) is 58.0 Å². The van der Waals surface area contributed by atoms with Gasteiger partial charge in [0.05, 0.1) is 0 Å². The van der Waals surface area contributed by atoms with Gasteiger partial charge in [-0.3, -0.25) is 0 Å². The third-order valence-corrected chi connectivity index (χ3v) is 2.28. The summed E-state index contributed by atoms with van der Waals surface area (Å²) in [6.07, 6.45) is 1.31. The van der Waals surface area contributed by atoms with E-state index in [-0.39, 0.29) is 11.5 Å². The topological polar surface area (TPSA) is 84.8 Å². The minimum Gasteiger partial charge on any atom is -0.358 e. The summed E-state index contributed by atoms with van der Waals surface area (Å²) in [7, 11) is 0. The third kappa shape index (κ3) is 2.13. The van der Waals surface area contributed by atoms with Crippen LogP contribution < -0.4 is 0 Å². The Kier molecular flexibility index (Phi) is 2.83. The van der Waals surface area contributed by atoms with Crippen LogP contribution in [0.15, 0.2) is 36.7 Å². The van der Waals surface area contributed by atoms with E-state index < -0.39 is 4.92 Å². The lowest BCUT2D eigenvalue weighted by atomic mass is 10.2. The lowest BCUT2D eigenvalue weighted by Crippen LogP contribution is -2.03. The second-order valence-corrected chi connectivity index (χ2v) is 3.40. The zero-order valence-corrected chi connectivity index (χ0v) is 8.78. The van der Waals surface area contributed by atoms with E-state index in [2.05, 4.69) is 4.98 Å². The van der Waals surface area contributed by atoms with Crippen molar-refractivity contribution in [1.29, 1.82) is 5.26 Å². The summed E-state index contributed by atoms with van der Waals surface area (Å²) in [4.78, 5) is 14.0. The second kappa shape index (κ2) is 4.45. The summed E-state index contributed by atoms with van der Waals surface area (Å²) in [6, 6.07) is 11.0. The maximum absolute atomic E-state index is 10.8. The first-order chi connectivity index (χ1) is 8.22. The van der Waals surface area contributed by atoms with E-state index >= 15 is 0 Å². The molecule has 17 heavy (non-hydrogen) atoms. The monoisotopic (exact) mass is 228 g/mol. The average Bonchev–Trinajstić information content (AvgIpc) is 2.73. The molecule has 0 bridgehead atoms. The molecule has 2 aromatic rings. The maximum Gasteiger partial charge on any atom is 0.361 e. The van der Waals surface area contributed by atoms with Crippen molar-refractivity contribution in [2.75, 3.05) is 0 Å². The van der Waals surface area contributed by atoms with Gasteiger partial charge in [-0.05, 0) is 10.5 Å². The van der Waals surface area contributed by atoms with Gasteiger partial charge in [0.1, 0.15) is 12.6 Å². The largest absolute Gasteiger partial charge is 0.361 e. The number of benzene rings is 1. The Bertz CT molecular complexity index is 583. The molecule has 1 aromatic heterocycles. The summed E-state index contributed by atoms with van der Waals surface area (Å²) < 4.78 is 1.36. The van der Waals surface area contributed by atoms with Crippen molar-refractivity contribution >= 4 is 5.82 Å². The fourth-order valence-electron chi connectivity index (χ4n) is 1.54. The summed E-state index contributed by atoms with van der Waals surface area (Å²) in [6.45, 7) is 0.325. The quantitative estimate of drug-likeness (QED) is 0.591. The maximum atomic E-state index is 10.8. The fraction of sp³-hybridized carbons (Fsp3) is 0.0909. The van der Waals surface area contributed by atoms with Crippen LogP contribution in [0.3, 0.4) is 0 Å². The van der Waals surface area contributed by atoms with Crippen LogP contribution in [0.4, 0.5) is 5.82 Å². The van der Waals surface area contributed by atoms with Crippen LogP contribution in [0, 0.1) is 21.4 Å². The summed E-state index contributed by atoms with van der Waals surface area (Å²) in [5, 5.41) is 19.6. The molecule has 1 heterocycles. The van der Waals surface area contributed by atoms with Gasteiger partial charge in [-0.1, -0.05) is 30.3 Å². The predicted molar refractivity (Wildman–Crippen MR) is 59.1 cm³/mol. The number of rotatable bonds is 3. The highest BCUT2D eigenvalue weighted by atomic mass is 16.6. The Labute approximate surface area is 96.9 Å². The van der Waals surface area contributed by atoms with Crippen LogP contribution in [-0.2, 0) is 6.54 Å². The number of nitro groups is 1. The molecule has 0 N–H and O–H groups in total. The predicted octanol–water partition coefficient (Wildman–Crippen LogP) is 1.71. The molecule has 1 aromatic carbocycles. The van der Waals surface area contributed by atoms with Gasteiger partial charge >= 0.3 is 5.82 Å². The van der Waals surface area contributed by atoms with Crippen molar-refractivity contribution in [3.8, 4) is 6.07 Å². The molecule has 0 spiro atoms. The lowest BCUT2D eigenvalue weighted by molar-refractivity contribution is -0.392. The van der Waals surface area contributed by atoms with Crippen molar-refractivity contribution < 1.29 is 4.92 Å². The Balaban J connectivity index is 2.38. The van der Waals surface area contributed by atoms with E-state index in [0.29, 0.717) is 6.54 Å². The van der Waals surface area contributed by atoms with Gasteiger partial charge in [-0.25, -0.2) is 4.57 Å². The second-order valence-electron chi connectivity index (χ2n) is 3.40. The van der Waals surface area contributed by atoms with Gasteiger partial charge in [0.2, 0.25) is 5.69 Å². The van der Waals surface area contributed by atoms with Crippen molar-refractivity contribution in [1.82, 2.24) is 9.55 Å². The van der Waals surface area contributed by atoms with Crippen LogP contribution in [0.5, 0.6) is 0 Å². The van der Waals surface area contributed by atoms with Gasteiger partial charge in [0.15, 0.2) is 6.33 Å². The molecule has 0 fully saturated rings. The lowest BCUT2D eigenvalue weighted by Gasteiger charge is -2.00. The standard InChI is InChI=1S/C11H8N4O2/c12-6-10-11(15(16)17)14(8-13-10)7-9-4-2-1-3-5-9/h1-5,8H,7H2. The molecular formula is C11H8N4O2. The Morgan fingerprint density at radius 1 is 1.41 bits per heavy atom. The van der Waals surface area contributed by atoms with Gasteiger partial charge in [0, 0.05) is 0 Å². The van der Waals surface area contributed by atoms with E-state index in [0.717, 1.165) is 5.56 Å². The molecule has 0 atom stereocenters. The van der Waals surface area contributed by atoms with Crippen LogP contribution >= 0.6 is 0 Å². The van der Waals surface area contributed by atoms with Gasteiger partial charge in [-0.15, -0.1) is 0 Å². The Morgan fingerprint density at radius 3 is 2.71 bits per heavy atom. The van der Waals surface area contributed by atoms with E-state index in [1.165, 1.54) is 10.9 Å². The van der Waals surface area contributed by atoms with Crippen molar-refractivity contribution in [2.24, 2.45) is 0 Å². The highest BCUT2D eigenvalue weighted by Gasteiger charge is 2.21. The summed E-state index contributed by atoms with van der Waals surface area (Å²) >= 11 is 0. The summed E-state index contributed by atoms with van der Waals surface area (Å²) in [5.74, 6) is -0.267. The molecule has 0 radical (unpaired) electrons. The number of hydrogen-bond acceptors (Lipinski definition) is 4. The third-order valence-electron chi connectivity index (χ3n) is 2.28. The molecule has 2 rings (SSSR count). The smallest absolute Gasteiger partial charge is 0.358 e. The van der Waals surface area contributed by atoms with E-state index in [4.69, 9.17) is 5.26 Å². The fourth-order valence-corrected chi connectivity index (χ4v) is 1.54. The molecule has 0 saturated carbocycles. The van der Waals surface area contributed by atoms with Gasteiger partial charge < -0.3 is 10.1 Å². The molecule has 6 nitrogen and oxygen atoms in total. The highest BCUT2D eigenvalue weighted by Crippen LogP contribution is 2.17. The highest BCUT2D eigenvalue weighted by molar-refractivity contribution is 5.38. The van der Waals surface area contributed by atoms with Crippen LogP contribution in [0.2, 0.25) is 0 Å². The minimum atomic E-state index is -0.589. The summed E-state index contributed by atoms with van der Waals surface area (Å²) in [5.41, 5.74) is 0.753. The first kappa shape index (κ1) is 10.8. The van der Waals surface area contributed by atoms with Gasteiger partial charge in [-0.2, -0.15) is 10.2 Å². The number of nitriles is 1. The average molecular weight is 228 g/mol. The molecule has 6 heteroatoms. The van der Waals surface area contributed by atoms with Crippen molar-refractivity contribution in [2.45, 2.75) is 6.54 Å². The molecule has 0 saturated heterocycles. The first-order valence-corrected chi connectivity index (χ1v) is 4.86. The molecule has 0 aliphatic rings. The molecule has 0 unspecified atom stereocenters. The number of nitrogens with zero attached hydrogens (tertiary/aromatic N) is 4. The number of aromatic nitrogens is 2. The molecule has 0 aliphatic heterocycles. The molecule has 0 amide bonds. The first-order valence-electron chi connectivity index (χ1n) is 4.86. The van der Waals surface area contributed by atoms with Crippen molar-refractivity contribution in [3.63, 3.8) is 0 Å². The minimum absolute atomic E-state index is 0.161. The molecule has 84 valence electrons. The van der Waals surface area contributed by atoms with E-state index in [1.807, 2.05) is 30.3 Å². The number of hydrogen-bond donors (Lipinski definition) is 0. The van der Waals surface area contributed by atoms with E-state index in [9.17, 15) is 10.1 Å². The van der Waals surface area contributed by atoms with Crippen LogP contribution in [-0.4, -0.2) is 14.5 Å². The molecular weight excluding hydrogens is 220 g/mol. The van der Waals surface area contributed by atoms with E-state index in [1.54, 1.807) is 6.07 Å². The SMILES string of the molecule is N#Cc1ncn(Cc2ccccc2)c1[N+](=O)[O-]. The zero-order chi connectivity index (χ0) is 12.3. The normalized spacial score (nSPS) is 9.82. The van der Waals surface area contributed by atoms with Crippen LogP contribution in [0.1, 0.15) is 11.3 Å². The Hall–Kier alpha value is -2.68. The van der Waals surface area contributed by atoms with Gasteiger partial charge in [0.25, 0.3) is 0 Å². The zero-order valence-electron chi connectivity index (χ0n) is 8.78. The Morgan fingerprint density at radius 2 is 2.12 bits per heavy atom.